The Kier molecular flexibility index (Phi) is 7.93. The van der Waals surface area contributed by atoms with Gasteiger partial charge in [-0.25, -0.2) is 0 Å². The Bertz CT molecular complexity index is 369. The largest absolute Gasteiger partial charge is 0.463 e. The summed E-state index contributed by atoms with van der Waals surface area (Å²) in [7, 11) is 0. The van der Waals surface area contributed by atoms with Gasteiger partial charge >= 0.3 is 0 Å². The van der Waals surface area contributed by atoms with Gasteiger partial charge in [0, 0.05) is 6.54 Å². The predicted molar refractivity (Wildman–Crippen MR) is 85.8 cm³/mol. The van der Waals surface area contributed by atoms with Gasteiger partial charge in [-0.2, -0.15) is 0 Å². The van der Waals surface area contributed by atoms with Crippen LogP contribution >= 0.6 is 0 Å². The molecule has 0 aliphatic heterocycles. The molecule has 1 rings (SSSR count). The van der Waals surface area contributed by atoms with Crippen molar-refractivity contribution in [3.63, 3.8) is 0 Å². The van der Waals surface area contributed by atoms with Gasteiger partial charge in [0.1, 0.15) is 11.5 Å². The van der Waals surface area contributed by atoms with Crippen LogP contribution in [0, 0.1) is 12.8 Å². The topological polar surface area (TPSA) is 28.4 Å². The second kappa shape index (κ2) is 9.19. The van der Waals surface area contributed by atoms with Crippen LogP contribution in [0.3, 0.4) is 0 Å². The average molecular weight is 280 g/mol. The molecular formula is C17H32N2O. The quantitative estimate of drug-likeness (QED) is 0.703. The minimum atomic E-state index is 0.798. The van der Waals surface area contributed by atoms with Crippen molar-refractivity contribution in [3.05, 3.63) is 23.2 Å². The van der Waals surface area contributed by atoms with Gasteiger partial charge in [0.15, 0.2) is 0 Å². The molecule has 0 aromatic carbocycles. The van der Waals surface area contributed by atoms with Crippen LogP contribution in [0.4, 0.5) is 0 Å². The van der Waals surface area contributed by atoms with Crippen molar-refractivity contribution in [2.24, 2.45) is 5.92 Å². The second-order valence-electron chi connectivity index (χ2n) is 5.61. The van der Waals surface area contributed by atoms with E-state index in [1.54, 1.807) is 0 Å². The number of aryl methyl sites for hydroxylation is 1. The van der Waals surface area contributed by atoms with Crippen LogP contribution in [-0.2, 0) is 13.1 Å². The summed E-state index contributed by atoms with van der Waals surface area (Å²) in [4.78, 5) is 2.49. The first-order valence-corrected chi connectivity index (χ1v) is 8.15. The third-order valence-corrected chi connectivity index (χ3v) is 4.10. The van der Waals surface area contributed by atoms with Crippen LogP contribution in [0.5, 0.6) is 0 Å². The Morgan fingerprint density at radius 1 is 1.20 bits per heavy atom. The van der Waals surface area contributed by atoms with Crippen molar-refractivity contribution in [1.29, 1.82) is 0 Å². The van der Waals surface area contributed by atoms with E-state index >= 15 is 0 Å². The lowest BCUT2D eigenvalue weighted by molar-refractivity contribution is 0.209. The number of hydrogen-bond donors (Lipinski definition) is 1. The van der Waals surface area contributed by atoms with E-state index in [2.05, 4.69) is 50.9 Å². The van der Waals surface area contributed by atoms with Crippen LogP contribution in [0.25, 0.3) is 0 Å². The molecule has 3 heteroatoms. The van der Waals surface area contributed by atoms with Gasteiger partial charge in [0.25, 0.3) is 0 Å². The van der Waals surface area contributed by atoms with Crippen LogP contribution in [-0.4, -0.2) is 24.5 Å². The van der Waals surface area contributed by atoms with Crippen LogP contribution in [0.2, 0.25) is 0 Å². The van der Waals surface area contributed by atoms with E-state index in [1.807, 2.05) is 0 Å². The smallest absolute Gasteiger partial charge is 0.120 e. The summed E-state index contributed by atoms with van der Waals surface area (Å²) < 4.78 is 5.99. The van der Waals surface area contributed by atoms with E-state index in [0.29, 0.717) is 0 Å². The van der Waals surface area contributed by atoms with Crippen molar-refractivity contribution < 1.29 is 4.42 Å². The maximum absolute atomic E-state index is 5.99. The van der Waals surface area contributed by atoms with E-state index in [-0.39, 0.29) is 0 Å². The van der Waals surface area contributed by atoms with Crippen molar-refractivity contribution >= 4 is 0 Å². The van der Waals surface area contributed by atoms with Crippen molar-refractivity contribution in [2.75, 3.05) is 19.6 Å². The summed E-state index contributed by atoms with van der Waals surface area (Å²) in [5, 5.41) is 3.33. The van der Waals surface area contributed by atoms with Crippen LogP contribution in [0.1, 0.15) is 57.6 Å². The standard InChI is InChI=1S/C17H32N2O/c1-6-15(7-2)12-19(9-4)13-16-10-14(5)17(20-16)11-18-8-3/h10,15,18H,6-9,11-13H2,1-5H3. The molecule has 116 valence electrons. The highest BCUT2D eigenvalue weighted by molar-refractivity contribution is 5.20. The molecule has 0 unspecified atom stereocenters. The highest BCUT2D eigenvalue weighted by Crippen LogP contribution is 2.18. The third kappa shape index (κ3) is 5.29. The number of rotatable bonds is 10. The third-order valence-electron chi connectivity index (χ3n) is 4.10. The van der Waals surface area contributed by atoms with E-state index in [9.17, 15) is 0 Å². The maximum Gasteiger partial charge on any atom is 0.120 e. The zero-order chi connectivity index (χ0) is 15.0. The van der Waals surface area contributed by atoms with Gasteiger partial charge in [-0.3, -0.25) is 4.90 Å². The average Bonchev–Trinajstić information content (AvgIpc) is 2.81. The Balaban J connectivity index is 2.60. The molecule has 1 aromatic rings. The SMILES string of the molecule is CCNCc1oc(CN(CC)CC(CC)CC)cc1C. The molecule has 0 amide bonds. The summed E-state index contributed by atoms with van der Waals surface area (Å²) in [6.45, 7) is 16.1. The molecule has 0 atom stereocenters. The molecule has 1 aromatic heterocycles. The fourth-order valence-electron chi connectivity index (χ4n) is 2.52. The molecular weight excluding hydrogens is 248 g/mol. The Hall–Kier alpha value is -0.800. The molecule has 0 aliphatic carbocycles. The normalized spacial score (nSPS) is 11.8. The zero-order valence-electron chi connectivity index (χ0n) is 14.0. The van der Waals surface area contributed by atoms with Crippen molar-refractivity contribution in [3.8, 4) is 0 Å². The molecule has 0 bridgehead atoms. The summed E-state index contributed by atoms with van der Waals surface area (Å²) in [5.74, 6) is 2.98. The summed E-state index contributed by atoms with van der Waals surface area (Å²) in [6.07, 6.45) is 2.52. The van der Waals surface area contributed by atoms with Gasteiger partial charge in [0.2, 0.25) is 0 Å². The first-order valence-electron chi connectivity index (χ1n) is 8.15. The highest BCUT2D eigenvalue weighted by Gasteiger charge is 2.13. The molecule has 1 heterocycles. The number of furan rings is 1. The zero-order valence-corrected chi connectivity index (χ0v) is 14.0. The maximum atomic E-state index is 5.99. The fraction of sp³-hybridized carbons (Fsp3) is 0.765. The number of nitrogens with one attached hydrogen (secondary N) is 1. The lowest BCUT2D eigenvalue weighted by atomic mass is 10.0. The lowest BCUT2D eigenvalue weighted by Gasteiger charge is -2.24. The fourth-order valence-corrected chi connectivity index (χ4v) is 2.52. The second-order valence-corrected chi connectivity index (χ2v) is 5.61. The molecule has 20 heavy (non-hydrogen) atoms. The molecule has 0 aliphatic rings. The molecule has 3 nitrogen and oxygen atoms in total. The lowest BCUT2D eigenvalue weighted by Crippen LogP contribution is -2.28. The first-order chi connectivity index (χ1) is 9.64. The van der Waals surface area contributed by atoms with Crippen molar-refractivity contribution in [1.82, 2.24) is 10.2 Å². The van der Waals surface area contributed by atoms with Crippen LogP contribution in [0.15, 0.2) is 10.5 Å². The molecule has 0 fully saturated rings. The summed E-state index contributed by atoms with van der Waals surface area (Å²) in [6, 6.07) is 2.20. The van der Waals surface area contributed by atoms with E-state index in [0.717, 1.165) is 43.6 Å². The predicted octanol–water partition coefficient (Wildman–Crippen LogP) is 3.96. The molecule has 0 radical (unpaired) electrons. The van der Waals surface area contributed by atoms with Gasteiger partial charge < -0.3 is 9.73 Å². The van der Waals surface area contributed by atoms with E-state index < -0.39 is 0 Å². The Labute approximate surface area is 124 Å². The van der Waals surface area contributed by atoms with Crippen LogP contribution < -0.4 is 5.32 Å². The van der Waals surface area contributed by atoms with E-state index in [4.69, 9.17) is 4.42 Å². The Morgan fingerprint density at radius 2 is 1.90 bits per heavy atom. The molecule has 1 N–H and O–H groups in total. The van der Waals surface area contributed by atoms with Gasteiger partial charge in [-0.15, -0.1) is 0 Å². The Morgan fingerprint density at radius 3 is 2.45 bits per heavy atom. The highest BCUT2D eigenvalue weighted by atomic mass is 16.3. The first kappa shape index (κ1) is 17.3. The van der Waals surface area contributed by atoms with E-state index in [1.165, 1.54) is 24.9 Å². The van der Waals surface area contributed by atoms with Gasteiger partial charge in [0.05, 0.1) is 13.1 Å². The van der Waals surface area contributed by atoms with Gasteiger partial charge in [-0.1, -0.05) is 40.5 Å². The summed E-state index contributed by atoms with van der Waals surface area (Å²) >= 11 is 0. The molecule has 0 spiro atoms. The molecule has 0 saturated heterocycles. The monoisotopic (exact) mass is 280 g/mol. The summed E-state index contributed by atoms with van der Waals surface area (Å²) in [5.41, 5.74) is 1.26. The number of hydrogen-bond acceptors (Lipinski definition) is 3. The minimum Gasteiger partial charge on any atom is -0.463 e. The number of nitrogens with zero attached hydrogens (tertiary/aromatic N) is 1. The van der Waals surface area contributed by atoms with Gasteiger partial charge in [-0.05, 0) is 37.6 Å². The minimum absolute atomic E-state index is 0.798. The van der Waals surface area contributed by atoms with Crippen molar-refractivity contribution in [2.45, 2.75) is 60.5 Å². The molecule has 0 saturated carbocycles.